The number of benzene rings is 1. The summed E-state index contributed by atoms with van der Waals surface area (Å²) in [4.78, 5) is 6.62. The molecule has 2 aromatic rings. The van der Waals surface area contributed by atoms with E-state index in [1.54, 1.807) is 0 Å². The van der Waals surface area contributed by atoms with Crippen LogP contribution in [0, 0.1) is 18.6 Å². The first kappa shape index (κ1) is 16.1. The number of hydrogen-bond donors (Lipinski definition) is 0. The summed E-state index contributed by atoms with van der Waals surface area (Å²) in [7, 11) is 2.04. The molecule has 1 saturated heterocycles. The topological polar surface area (TPSA) is 38.5 Å². The average molecular weight is 322 g/mol. The highest BCUT2D eigenvalue weighted by Gasteiger charge is 2.21. The predicted octanol–water partition coefficient (Wildman–Crippen LogP) is 3.54. The molecule has 0 unspecified atom stereocenters. The molecule has 4 nitrogen and oxygen atoms in total. The highest BCUT2D eigenvalue weighted by atomic mass is 19.1. The van der Waals surface area contributed by atoms with Crippen LogP contribution in [0.3, 0.4) is 0 Å². The summed E-state index contributed by atoms with van der Waals surface area (Å²) >= 11 is 0. The van der Waals surface area contributed by atoms with E-state index in [9.17, 15) is 8.78 Å². The normalized spacial score (nSPS) is 16.2. The molecule has 0 N–H and O–H groups in total. The van der Waals surface area contributed by atoms with Crippen LogP contribution < -0.4 is 0 Å². The molecule has 1 aromatic heterocycles. The lowest BCUT2D eigenvalue weighted by molar-refractivity contribution is 0.0402. The van der Waals surface area contributed by atoms with Crippen LogP contribution in [0.25, 0.3) is 11.5 Å². The van der Waals surface area contributed by atoms with Crippen molar-refractivity contribution in [3.05, 3.63) is 41.3 Å². The number of hydrogen-bond acceptors (Lipinski definition) is 4. The van der Waals surface area contributed by atoms with Gasteiger partial charge in [-0.2, -0.15) is 0 Å². The Labute approximate surface area is 134 Å². The van der Waals surface area contributed by atoms with Crippen LogP contribution in [0.4, 0.5) is 8.78 Å². The standard InChI is InChI=1S/C17H20F2N2O2/c1-11-16(10-21(2)13-5-7-22-8-6-13)20-17(23-11)14-4-3-12(18)9-15(14)19/h3-4,9,13H,5-8,10H2,1-2H3. The van der Waals surface area contributed by atoms with E-state index < -0.39 is 11.6 Å². The Bertz CT molecular complexity index is 681. The molecular weight excluding hydrogens is 302 g/mol. The molecule has 0 spiro atoms. The third-order valence-corrected chi connectivity index (χ3v) is 4.27. The first-order chi connectivity index (χ1) is 11.0. The van der Waals surface area contributed by atoms with E-state index in [-0.39, 0.29) is 11.5 Å². The Hall–Kier alpha value is -1.79. The van der Waals surface area contributed by atoms with Gasteiger partial charge in [-0.25, -0.2) is 13.8 Å². The first-order valence-electron chi connectivity index (χ1n) is 7.74. The van der Waals surface area contributed by atoms with Crippen LogP contribution >= 0.6 is 0 Å². The quantitative estimate of drug-likeness (QED) is 0.863. The van der Waals surface area contributed by atoms with E-state index >= 15 is 0 Å². The second-order valence-electron chi connectivity index (χ2n) is 5.90. The lowest BCUT2D eigenvalue weighted by Gasteiger charge is -2.30. The molecule has 124 valence electrons. The maximum Gasteiger partial charge on any atom is 0.229 e. The lowest BCUT2D eigenvalue weighted by atomic mass is 10.1. The summed E-state index contributed by atoms with van der Waals surface area (Å²) in [5.74, 6) is -0.442. The molecule has 0 atom stereocenters. The molecule has 1 aliphatic rings. The van der Waals surface area contributed by atoms with Gasteiger partial charge in [0, 0.05) is 31.9 Å². The minimum absolute atomic E-state index is 0.175. The fourth-order valence-electron chi connectivity index (χ4n) is 2.84. The highest BCUT2D eigenvalue weighted by molar-refractivity contribution is 5.54. The van der Waals surface area contributed by atoms with Crippen molar-refractivity contribution in [1.29, 1.82) is 0 Å². The van der Waals surface area contributed by atoms with Gasteiger partial charge in [-0.1, -0.05) is 0 Å². The highest BCUT2D eigenvalue weighted by Crippen LogP contribution is 2.26. The van der Waals surface area contributed by atoms with E-state index in [2.05, 4.69) is 9.88 Å². The molecular formula is C17H20F2N2O2. The fraction of sp³-hybridized carbons (Fsp3) is 0.471. The van der Waals surface area contributed by atoms with Gasteiger partial charge in [-0.05, 0) is 38.9 Å². The second kappa shape index (κ2) is 6.76. The van der Waals surface area contributed by atoms with E-state index in [4.69, 9.17) is 9.15 Å². The zero-order valence-electron chi connectivity index (χ0n) is 13.3. The number of aryl methyl sites for hydroxylation is 1. The number of aromatic nitrogens is 1. The van der Waals surface area contributed by atoms with Gasteiger partial charge in [-0.3, -0.25) is 4.90 Å². The molecule has 23 heavy (non-hydrogen) atoms. The zero-order chi connectivity index (χ0) is 16.4. The van der Waals surface area contributed by atoms with Crippen molar-refractivity contribution in [2.75, 3.05) is 20.3 Å². The summed E-state index contributed by atoms with van der Waals surface area (Å²) in [6.45, 7) is 3.99. The largest absolute Gasteiger partial charge is 0.441 e. The van der Waals surface area contributed by atoms with Gasteiger partial charge >= 0.3 is 0 Å². The Morgan fingerprint density at radius 1 is 1.26 bits per heavy atom. The van der Waals surface area contributed by atoms with Gasteiger partial charge in [0.2, 0.25) is 5.89 Å². The third kappa shape index (κ3) is 3.59. The number of nitrogens with zero attached hydrogens (tertiary/aromatic N) is 2. The fourth-order valence-corrected chi connectivity index (χ4v) is 2.84. The van der Waals surface area contributed by atoms with Crippen molar-refractivity contribution in [3.8, 4) is 11.5 Å². The van der Waals surface area contributed by atoms with Crippen molar-refractivity contribution in [1.82, 2.24) is 9.88 Å². The maximum atomic E-state index is 13.9. The summed E-state index contributed by atoms with van der Waals surface area (Å²) in [6, 6.07) is 3.84. The van der Waals surface area contributed by atoms with Crippen molar-refractivity contribution in [3.63, 3.8) is 0 Å². The Morgan fingerprint density at radius 3 is 2.70 bits per heavy atom. The van der Waals surface area contributed by atoms with E-state index in [0.29, 0.717) is 18.3 Å². The van der Waals surface area contributed by atoms with E-state index in [1.807, 2.05) is 14.0 Å². The average Bonchev–Trinajstić information content (AvgIpc) is 2.88. The smallest absolute Gasteiger partial charge is 0.229 e. The van der Waals surface area contributed by atoms with Crippen molar-refractivity contribution >= 4 is 0 Å². The molecule has 1 aromatic carbocycles. The molecule has 2 heterocycles. The minimum atomic E-state index is -0.671. The summed E-state index contributed by atoms with van der Waals surface area (Å²) in [5, 5.41) is 0. The van der Waals surface area contributed by atoms with Gasteiger partial charge in [0.25, 0.3) is 0 Å². The summed E-state index contributed by atoms with van der Waals surface area (Å²) in [6.07, 6.45) is 1.99. The van der Waals surface area contributed by atoms with Gasteiger partial charge in [0.15, 0.2) is 0 Å². The molecule has 1 aliphatic heterocycles. The van der Waals surface area contributed by atoms with Crippen molar-refractivity contribution < 1.29 is 17.9 Å². The molecule has 0 saturated carbocycles. The molecule has 0 aliphatic carbocycles. The molecule has 6 heteroatoms. The third-order valence-electron chi connectivity index (χ3n) is 4.27. The van der Waals surface area contributed by atoms with Crippen LogP contribution in [0.2, 0.25) is 0 Å². The van der Waals surface area contributed by atoms with Crippen LogP contribution in [-0.2, 0) is 11.3 Å². The maximum absolute atomic E-state index is 13.9. The van der Waals surface area contributed by atoms with E-state index in [0.717, 1.165) is 37.8 Å². The lowest BCUT2D eigenvalue weighted by Crippen LogP contribution is -2.36. The van der Waals surface area contributed by atoms with Gasteiger partial charge in [0.05, 0.1) is 11.3 Å². The van der Waals surface area contributed by atoms with E-state index in [1.165, 1.54) is 12.1 Å². The van der Waals surface area contributed by atoms with Crippen LogP contribution in [0.15, 0.2) is 22.6 Å². The summed E-state index contributed by atoms with van der Waals surface area (Å²) in [5.41, 5.74) is 0.951. The molecule has 0 radical (unpaired) electrons. The Balaban J connectivity index is 1.77. The number of oxazole rings is 1. The monoisotopic (exact) mass is 322 g/mol. The van der Waals surface area contributed by atoms with Crippen LogP contribution in [-0.4, -0.2) is 36.2 Å². The number of rotatable bonds is 4. The van der Waals surface area contributed by atoms with Crippen molar-refractivity contribution in [2.24, 2.45) is 0 Å². The predicted molar refractivity (Wildman–Crippen MR) is 81.9 cm³/mol. The second-order valence-corrected chi connectivity index (χ2v) is 5.90. The molecule has 3 rings (SSSR count). The van der Waals surface area contributed by atoms with Crippen molar-refractivity contribution in [2.45, 2.75) is 32.4 Å². The SMILES string of the molecule is Cc1oc(-c2ccc(F)cc2F)nc1CN(C)C1CCOCC1. The van der Waals surface area contributed by atoms with Gasteiger partial charge in [0.1, 0.15) is 17.4 Å². The number of ether oxygens (including phenoxy) is 1. The summed E-state index contributed by atoms with van der Waals surface area (Å²) < 4.78 is 37.8. The zero-order valence-corrected chi connectivity index (χ0v) is 13.3. The van der Waals surface area contributed by atoms with Gasteiger partial charge in [-0.15, -0.1) is 0 Å². The molecule has 0 amide bonds. The Kier molecular flexibility index (Phi) is 4.73. The minimum Gasteiger partial charge on any atom is -0.441 e. The van der Waals surface area contributed by atoms with Crippen LogP contribution in [0.1, 0.15) is 24.3 Å². The van der Waals surface area contributed by atoms with Gasteiger partial charge < -0.3 is 9.15 Å². The molecule has 0 bridgehead atoms. The number of halogens is 2. The molecule has 1 fully saturated rings. The first-order valence-corrected chi connectivity index (χ1v) is 7.74. The Morgan fingerprint density at radius 2 is 2.00 bits per heavy atom. The van der Waals surface area contributed by atoms with Crippen LogP contribution in [0.5, 0.6) is 0 Å².